The van der Waals surface area contributed by atoms with E-state index in [9.17, 15) is 18.0 Å². The molecule has 0 fully saturated rings. The number of carbonyl (C=O) groups excluding carboxylic acids is 2. The quantitative estimate of drug-likeness (QED) is 0.649. The Morgan fingerprint density at radius 3 is 2.67 bits per heavy atom. The fourth-order valence-corrected chi connectivity index (χ4v) is 4.34. The number of nitrogens with one attached hydrogen (secondary N) is 1. The number of methoxy groups -OCH3 is 1. The van der Waals surface area contributed by atoms with E-state index in [0.717, 1.165) is 0 Å². The summed E-state index contributed by atoms with van der Waals surface area (Å²) >= 11 is 0. The average molecular weight is 468 g/mol. The summed E-state index contributed by atoms with van der Waals surface area (Å²) in [5.41, 5.74) is 0.870. The number of nitrogens with zero attached hydrogens (tertiary/aromatic N) is 2. The molecule has 9 nitrogen and oxygen atoms in total. The number of amidine groups is 1. The standard InChI is InChI=1S/C23H21N3O6S/c1-31-18-10-5-9-17(15-18)24-22(27)20(16-7-3-2-4-8-16)32-23(28)19-11-6-12-26-13-14-33(29,30)25-21(19)26/h2-12,15,20H,13-14H2,1H3,(H,24,27)/t20-/m0/s1. The molecule has 0 aliphatic carbocycles. The maximum atomic E-state index is 13.1. The molecule has 33 heavy (non-hydrogen) atoms. The molecule has 1 amide bonds. The van der Waals surface area contributed by atoms with Crippen LogP contribution in [0.5, 0.6) is 5.75 Å². The van der Waals surface area contributed by atoms with Gasteiger partial charge in [-0.25, -0.2) is 13.2 Å². The minimum absolute atomic E-state index is 0.0197. The average Bonchev–Trinajstić information content (AvgIpc) is 2.82. The van der Waals surface area contributed by atoms with Crippen LogP contribution < -0.4 is 10.1 Å². The molecule has 0 saturated heterocycles. The minimum atomic E-state index is -3.69. The van der Waals surface area contributed by atoms with E-state index in [1.807, 2.05) is 0 Å². The molecule has 2 aromatic carbocycles. The number of anilines is 1. The van der Waals surface area contributed by atoms with Crippen LogP contribution in [0.4, 0.5) is 5.69 Å². The Hall–Kier alpha value is -3.92. The van der Waals surface area contributed by atoms with Gasteiger partial charge in [-0.2, -0.15) is 0 Å². The molecule has 2 aromatic rings. The maximum absolute atomic E-state index is 13.1. The fraction of sp³-hybridized carbons (Fsp3) is 0.174. The van der Waals surface area contributed by atoms with Crippen LogP contribution in [0.2, 0.25) is 0 Å². The monoisotopic (exact) mass is 467 g/mol. The Morgan fingerprint density at radius 2 is 1.91 bits per heavy atom. The lowest BCUT2D eigenvalue weighted by Crippen LogP contribution is -2.40. The molecule has 1 atom stereocenters. The first-order valence-corrected chi connectivity index (χ1v) is 11.7. The van der Waals surface area contributed by atoms with Crippen LogP contribution in [-0.4, -0.2) is 50.4 Å². The number of hydrogen-bond acceptors (Lipinski definition) is 7. The van der Waals surface area contributed by atoms with E-state index in [4.69, 9.17) is 9.47 Å². The number of rotatable bonds is 6. The van der Waals surface area contributed by atoms with Crippen LogP contribution in [0.1, 0.15) is 11.7 Å². The second-order valence-electron chi connectivity index (χ2n) is 7.23. The number of allylic oxidation sites excluding steroid dienone is 2. The van der Waals surface area contributed by atoms with Gasteiger partial charge in [0.2, 0.25) is 6.10 Å². The summed E-state index contributed by atoms with van der Waals surface area (Å²) in [5, 5.41) is 2.73. The van der Waals surface area contributed by atoms with Gasteiger partial charge in [-0.05, 0) is 24.3 Å². The molecule has 170 valence electrons. The van der Waals surface area contributed by atoms with Crippen LogP contribution in [0.15, 0.2) is 82.9 Å². The molecule has 10 heteroatoms. The fourth-order valence-electron chi connectivity index (χ4n) is 3.36. The number of carbonyl (C=O) groups is 2. The Kier molecular flexibility index (Phi) is 6.27. The summed E-state index contributed by atoms with van der Waals surface area (Å²) in [6.07, 6.45) is 3.36. The number of amides is 1. The van der Waals surface area contributed by atoms with Crippen molar-refractivity contribution in [1.82, 2.24) is 4.90 Å². The summed E-state index contributed by atoms with van der Waals surface area (Å²) in [5.74, 6) is -1.07. The molecule has 2 aliphatic heterocycles. The van der Waals surface area contributed by atoms with E-state index in [1.165, 1.54) is 13.2 Å². The number of fused-ring (bicyclic) bond motifs is 1. The van der Waals surface area contributed by atoms with Gasteiger partial charge in [0.05, 0.1) is 12.9 Å². The molecule has 0 unspecified atom stereocenters. The Morgan fingerprint density at radius 1 is 1.12 bits per heavy atom. The van der Waals surface area contributed by atoms with E-state index in [2.05, 4.69) is 9.71 Å². The van der Waals surface area contributed by atoms with E-state index in [0.29, 0.717) is 17.0 Å². The molecular formula is C23H21N3O6S. The van der Waals surface area contributed by atoms with Crippen LogP contribution in [0.3, 0.4) is 0 Å². The van der Waals surface area contributed by atoms with E-state index < -0.39 is 28.0 Å². The van der Waals surface area contributed by atoms with Gasteiger partial charge in [-0.1, -0.05) is 36.4 Å². The summed E-state index contributed by atoms with van der Waals surface area (Å²) in [6, 6.07) is 15.3. The Labute approximate surface area is 191 Å². The molecular weight excluding hydrogens is 446 g/mol. The van der Waals surface area contributed by atoms with Gasteiger partial charge in [-0.3, -0.25) is 4.79 Å². The van der Waals surface area contributed by atoms with Gasteiger partial charge in [0, 0.05) is 30.1 Å². The van der Waals surface area contributed by atoms with E-state index in [-0.39, 0.29) is 23.7 Å². The molecule has 0 bridgehead atoms. The Bertz CT molecular complexity index is 1270. The number of benzene rings is 2. The zero-order chi connectivity index (χ0) is 23.4. The van der Waals surface area contributed by atoms with Crippen LogP contribution >= 0.6 is 0 Å². The third-order valence-corrected chi connectivity index (χ3v) is 6.13. The SMILES string of the molecule is COc1cccc(NC(=O)[C@@H](OC(=O)C2=CC=CN3CCS(=O)(=O)N=C23)c2ccccc2)c1. The van der Waals surface area contributed by atoms with Gasteiger partial charge < -0.3 is 19.7 Å². The topological polar surface area (TPSA) is 114 Å². The van der Waals surface area contributed by atoms with E-state index >= 15 is 0 Å². The first kappa shape index (κ1) is 22.3. The molecule has 0 spiro atoms. The lowest BCUT2D eigenvalue weighted by molar-refractivity contribution is -0.150. The van der Waals surface area contributed by atoms with Crippen molar-refractivity contribution in [3.05, 3.63) is 84.1 Å². The van der Waals surface area contributed by atoms with Crippen molar-refractivity contribution in [3.8, 4) is 5.75 Å². The number of ether oxygens (including phenoxy) is 2. The van der Waals surface area contributed by atoms with Crippen LogP contribution in [0, 0.1) is 0 Å². The van der Waals surface area contributed by atoms with Crippen molar-refractivity contribution < 1.29 is 27.5 Å². The second kappa shape index (κ2) is 9.29. The highest BCUT2D eigenvalue weighted by Gasteiger charge is 2.33. The molecule has 0 aromatic heterocycles. The van der Waals surface area contributed by atoms with Gasteiger partial charge in [-0.15, -0.1) is 4.40 Å². The maximum Gasteiger partial charge on any atom is 0.343 e. The largest absolute Gasteiger partial charge is 0.497 e. The van der Waals surface area contributed by atoms with Crippen molar-refractivity contribution in [1.29, 1.82) is 0 Å². The summed E-state index contributed by atoms with van der Waals surface area (Å²) in [4.78, 5) is 27.8. The normalized spacial score (nSPS) is 17.2. The molecule has 0 radical (unpaired) electrons. The summed E-state index contributed by atoms with van der Waals surface area (Å²) < 4.78 is 38.5. The number of esters is 1. The molecule has 2 heterocycles. The van der Waals surface area contributed by atoms with Crippen LogP contribution in [-0.2, 0) is 24.3 Å². The van der Waals surface area contributed by atoms with Crippen molar-refractivity contribution in [2.24, 2.45) is 4.40 Å². The van der Waals surface area contributed by atoms with Crippen molar-refractivity contribution in [2.45, 2.75) is 6.10 Å². The zero-order valence-corrected chi connectivity index (χ0v) is 18.5. The van der Waals surface area contributed by atoms with Crippen molar-refractivity contribution >= 4 is 33.4 Å². The smallest absolute Gasteiger partial charge is 0.343 e. The van der Waals surface area contributed by atoms with Gasteiger partial charge >= 0.3 is 5.97 Å². The highest BCUT2D eigenvalue weighted by molar-refractivity contribution is 7.90. The highest BCUT2D eigenvalue weighted by Crippen LogP contribution is 2.25. The highest BCUT2D eigenvalue weighted by atomic mass is 32.2. The molecule has 4 rings (SSSR count). The predicted octanol–water partition coefficient (Wildman–Crippen LogP) is 2.42. The van der Waals surface area contributed by atoms with Crippen LogP contribution in [0.25, 0.3) is 0 Å². The van der Waals surface area contributed by atoms with Gasteiger partial charge in [0.15, 0.2) is 5.84 Å². The zero-order valence-electron chi connectivity index (χ0n) is 17.7. The third-order valence-electron chi connectivity index (χ3n) is 4.98. The predicted molar refractivity (Wildman–Crippen MR) is 122 cm³/mol. The minimum Gasteiger partial charge on any atom is -0.497 e. The molecule has 0 saturated carbocycles. The van der Waals surface area contributed by atoms with Gasteiger partial charge in [0.25, 0.3) is 15.9 Å². The lowest BCUT2D eigenvalue weighted by atomic mass is 10.1. The molecule has 2 aliphatic rings. The summed E-state index contributed by atoms with van der Waals surface area (Å²) in [7, 11) is -2.18. The summed E-state index contributed by atoms with van der Waals surface area (Å²) in [6.45, 7) is 0.167. The second-order valence-corrected chi connectivity index (χ2v) is 8.99. The molecule has 1 N–H and O–H groups in total. The lowest BCUT2D eigenvalue weighted by Gasteiger charge is -2.29. The number of hydrogen-bond donors (Lipinski definition) is 1. The van der Waals surface area contributed by atoms with Gasteiger partial charge in [0.1, 0.15) is 11.3 Å². The third kappa shape index (κ3) is 5.12. The van der Waals surface area contributed by atoms with E-state index in [1.54, 1.807) is 71.8 Å². The number of sulfonamides is 1. The Balaban J connectivity index is 1.61. The first-order valence-electron chi connectivity index (χ1n) is 10.1. The van der Waals surface area contributed by atoms with Crippen molar-refractivity contribution in [3.63, 3.8) is 0 Å². The van der Waals surface area contributed by atoms with Crippen molar-refractivity contribution in [2.75, 3.05) is 24.7 Å². The first-order chi connectivity index (χ1) is 15.9.